The first-order valence-electron chi connectivity index (χ1n) is 6.68. The quantitative estimate of drug-likeness (QED) is 0.920. The highest BCUT2D eigenvalue weighted by Crippen LogP contribution is 2.28. The standard InChI is InChI=1S/C14H17FN4S/c1-9-17-18-14(19(9)2)20-13-6-10(5-11(15)7-13)8-16-12-3-4-12/h5-7,12,16H,3-4,8H2,1-2H3. The van der Waals surface area contributed by atoms with Gasteiger partial charge in [-0.25, -0.2) is 4.39 Å². The van der Waals surface area contributed by atoms with Gasteiger partial charge in [-0.15, -0.1) is 10.2 Å². The summed E-state index contributed by atoms with van der Waals surface area (Å²) < 4.78 is 15.6. The van der Waals surface area contributed by atoms with Gasteiger partial charge in [0.05, 0.1) is 0 Å². The Kier molecular flexibility index (Phi) is 3.76. The molecule has 0 radical (unpaired) electrons. The summed E-state index contributed by atoms with van der Waals surface area (Å²) in [5, 5.41) is 12.3. The smallest absolute Gasteiger partial charge is 0.195 e. The number of hydrogen-bond acceptors (Lipinski definition) is 4. The molecule has 4 nitrogen and oxygen atoms in total. The van der Waals surface area contributed by atoms with Crippen molar-refractivity contribution in [3.8, 4) is 0 Å². The molecule has 106 valence electrons. The molecule has 3 rings (SSSR count). The maximum absolute atomic E-state index is 13.7. The van der Waals surface area contributed by atoms with E-state index < -0.39 is 0 Å². The highest BCUT2D eigenvalue weighted by Gasteiger charge is 2.20. The molecule has 1 aromatic heterocycles. The van der Waals surface area contributed by atoms with Crippen molar-refractivity contribution in [1.82, 2.24) is 20.1 Å². The van der Waals surface area contributed by atoms with Crippen molar-refractivity contribution >= 4 is 11.8 Å². The fourth-order valence-electron chi connectivity index (χ4n) is 1.91. The zero-order chi connectivity index (χ0) is 14.1. The second-order valence-electron chi connectivity index (χ2n) is 5.14. The van der Waals surface area contributed by atoms with Gasteiger partial charge >= 0.3 is 0 Å². The first-order valence-corrected chi connectivity index (χ1v) is 7.50. The lowest BCUT2D eigenvalue weighted by atomic mass is 10.2. The van der Waals surface area contributed by atoms with Crippen LogP contribution in [0, 0.1) is 12.7 Å². The predicted octanol–water partition coefficient (Wildman–Crippen LogP) is 2.67. The highest BCUT2D eigenvalue weighted by molar-refractivity contribution is 7.99. The monoisotopic (exact) mass is 292 g/mol. The van der Waals surface area contributed by atoms with Gasteiger partial charge in [0.15, 0.2) is 5.16 Å². The maximum atomic E-state index is 13.7. The lowest BCUT2D eigenvalue weighted by Gasteiger charge is -2.07. The minimum Gasteiger partial charge on any atom is -0.310 e. The topological polar surface area (TPSA) is 42.7 Å². The second-order valence-corrected chi connectivity index (χ2v) is 6.18. The van der Waals surface area contributed by atoms with Crippen LogP contribution >= 0.6 is 11.8 Å². The van der Waals surface area contributed by atoms with Crippen LogP contribution in [-0.4, -0.2) is 20.8 Å². The van der Waals surface area contributed by atoms with Crippen LogP contribution in [0.15, 0.2) is 28.3 Å². The van der Waals surface area contributed by atoms with Gasteiger partial charge in [-0.05, 0) is 55.3 Å². The van der Waals surface area contributed by atoms with E-state index in [4.69, 9.17) is 0 Å². The molecular weight excluding hydrogens is 275 g/mol. The van der Waals surface area contributed by atoms with Crippen molar-refractivity contribution in [2.24, 2.45) is 7.05 Å². The molecule has 0 unspecified atom stereocenters. The van der Waals surface area contributed by atoms with E-state index in [1.165, 1.54) is 30.7 Å². The van der Waals surface area contributed by atoms with E-state index in [2.05, 4.69) is 15.5 Å². The summed E-state index contributed by atoms with van der Waals surface area (Å²) in [7, 11) is 1.91. The van der Waals surface area contributed by atoms with Crippen molar-refractivity contribution in [3.05, 3.63) is 35.4 Å². The number of benzene rings is 1. The number of nitrogens with one attached hydrogen (secondary N) is 1. The molecule has 0 amide bonds. The number of aromatic nitrogens is 3. The predicted molar refractivity (Wildman–Crippen MR) is 76.1 cm³/mol. The van der Waals surface area contributed by atoms with Crippen LogP contribution in [0.1, 0.15) is 24.2 Å². The summed E-state index contributed by atoms with van der Waals surface area (Å²) in [6.45, 7) is 2.61. The molecule has 0 atom stereocenters. The van der Waals surface area contributed by atoms with Gasteiger partial charge in [0.1, 0.15) is 11.6 Å². The van der Waals surface area contributed by atoms with Crippen LogP contribution in [0.4, 0.5) is 4.39 Å². The lowest BCUT2D eigenvalue weighted by molar-refractivity contribution is 0.615. The van der Waals surface area contributed by atoms with Crippen LogP contribution in [0.25, 0.3) is 0 Å². The molecule has 1 aliphatic rings. The fraction of sp³-hybridized carbons (Fsp3) is 0.429. The third kappa shape index (κ3) is 3.19. The van der Waals surface area contributed by atoms with Gasteiger partial charge in [0, 0.05) is 24.5 Å². The van der Waals surface area contributed by atoms with Crippen molar-refractivity contribution < 1.29 is 4.39 Å². The van der Waals surface area contributed by atoms with Crippen molar-refractivity contribution in [3.63, 3.8) is 0 Å². The Hall–Kier alpha value is -1.40. The van der Waals surface area contributed by atoms with Crippen LogP contribution in [0.2, 0.25) is 0 Å². The Morgan fingerprint density at radius 2 is 2.15 bits per heavy atom. The van der Waals surface area contributed by atoms with Crippen molar-refractivity contribution in [1.29, 1.82) is 0 Å². The van der Waals surface area contributed by atoms with Crippen LogP contribution < -0.4 is 5.32 Å². The Morgan fingerprint density at radius 3 is 2.80 bits per heavy atom. The molecular formula is C14H17FN4S. The molecule has 1 aliphatic carbocycles. The SMILES string of the molecule is Cc1nnc(Sc2cc(F)cc(CNC3CC3)c2)n1C. The molecule has 1 fully saturated rings. The number of rotatable bonds is 5. The minimum absolute atomic E-state index is 0.207. The van der Waals surface area contributed by atoms with E-state index in [1.54, 1.807) is 6.07 Å². The molecule has 0 spiro atoms. The van der Waals surface area contributed by atoms with E-state index >= 15 is 0 Å². The lowest BCUT2D eigenvalue weighted by Crippen LogP contribution is -2.15. The van der Waals surface area contributed by atoms with E-state index in [0.717, 1.165) is 21.4 Å². The normalized spacial score (nSPS) is 14.8. The molecule has 20 heavy (non-hydrogen) atoms. The van der Waals surface area contributed by atoms with E-state index in [0.29, 0.717) is 12.6 Å². The molecule has 0 aliphatic heterocycles. The average molecular weight is 292 g/mol. The van der Waals surface area contributed by atoms with Gasteiger partial charge in [-0.1, -0.05) is 0 Å². The van der Waals surface area contributed by atoms with Gasteiger partial charge in [0.25, 0.3) is 0 Å². The average Bonchev–Trinajstić information content (AvgIpc) is 3.18. The van der Waals surface area contributed by atoms with Gasteiger partial charge in [-0.2, -0.15) is 0 Å². The van der Waals surface area contributed by atoms with Gasteiger partial charge in [0.2, 0.25) is 0 Å². The zero-order valence-electron chi connectivity index (χ0n) is 11.6. The number of aryl methyl sites for hydroxylation is 1. The minimum atomic E-state index is -0.207. The summed E-state index contributed by atoms with van der Waals surface area (Å²) in [5.41, 5.74) is 0.971. The number of nitrogens with zero attached hydrogens (tertiary/aromatic N) is 3. The molecule has 2 aromatic rings. The van der Waals surface area contributed by atoms with E-state index in [9.17, 15) is 4.39 Å². The Labute approximate surface area is 121 Å². The second kappa shape index (κ2) is 5.54. The first kappa shape index (κ1) is 13.6. The van der Waals surface area contributed by atoms with Crippen molar-refractivity contribution in [2.45, 2.75) is 42.4 Å². The molecule has 1 N–H and O–H groups in total. The molecule has 1 aromatic carbocycles. The summed E-state index contributed by atoms with van der Waals surface area (Å²) in [5.74, 6) is 0.640. The summed E-state index contributed by atoms with van der Waals surface area (Å²) >= 11 is 1.43. The molecule has 6 heteroatoms. The Bertz CT molecular complexity index is 622. The van der Waals surface area contributed by atoms with E-state index in [1.807, 2.05) is 24.6 Å². The Balaban J connectivity index is 1.76. The third-order valence-corrected chi connectivity index (χ3v) is 4.37. The largest absolute Gasteiger partial charge is 0.310 e. The summed E-state index contributed by atoms with van der Waals surface area (Å²) in [4.78, 5) is 0.855. The van der Waals surface area contributed by atoms with Gasteiger partial charge in [-0.3, -0.25) is 0 Å². The zero-order valence-corrected chi connectivity index (χ0v) is 12.4. The third-order valence-electron chi connectivity index (χ3n) is 3.37. The highest BCUT2D eigenvalue weighted by atomic mass is 32.2. The Morgan fingerprint density at radius 1 is 1.35 bits per heavy atom. The van der Waals surface area contributed by atoms with Crippen LogP contribution in [0.3, 0.4) is 0 Å². The molecule has 1 saturated carbocycles. The van der Waals surface area contributed by atoms with Crippen LogP contribution in [0.5, 0.6) is 0 Å². The van der Waals surface area contributed by atoms with E-state index in [-0.39, 0.29) is 5.82 Å². The summed E-state index contributed by atoms with van der Waals surface area (Å²) in [6, 6.07) is 5.75. The van der Waals surface area contributed by atoms with Gasteiger partial charge < -0.3 is 9.88 Å². The van der Waals surface area contributed by atoms with Crippen molar-refractivity contribution in [2.75, 3.05) is 0 Å². The number of hydrogen-bond donors (Lipinski definition) is 1. The fourth-order valence-corrected chi connectivity index (χ4v) is 2.86. The first-order chi connectivity index (χ1) is 9.61. The summed E-state index contributed by atoms with van der Waals surface area (Å²) in [6.07, 6.45) is 2.46. The van der Waals surface area contributed by atoms with Crippen LogP contribution in [-0.2, 0) is 13.6 Å². The number of halogens is 1. The maximum Gasteiger partial charge on any atom is 0.195 e. The molecule has 0 saturated heterocycles. The molecule has 0 bridgehead atoms. The molecule has 1 heterocycles.